The molecule has 1 aromatic carbocycles. The largest absolute Gasteiger partial charge is 0.489 e. The van der Waals surface area contributed by atoms with Gasteiger partial charge in [0, 0.05) is 30.6 Å². The number of amides is 1. The Bertz CT molecular complexity index is 787. The van der Waals surface area contributed by atoms with Gasteiger partial charge in [0.15, 0.2) is 0 Å². The molecule has 0 aliphatic carbocycles. The number of hydrogen-bond donors (Lipinski definition) is 1. The Labute approximate surface area is 151 Å². The lowest BCUT2D eigenvalue weighted by atomic mass is 10.2. The summed E-state index contributed by atoms with van der Waals surface area (Å²) in [5, 5.41) is 9.15. The second-order valence-electron chi connectivity index (χ2n) is 6.08. The van der Waals surface area contributed by atoms with Crippen LogP contribution >= 0.6 is 0 Å². The van der Waals surface area contributed by atoms with E-state index in [2.05, 4.69) is 4.98 Å². The lowest BCUT2D eigenvalue weighted by Crippen LogP contribution is -2.39. The molecule has 134 valence electrons. The van der Waals surface area contributed by atoms with Crippen molar-refractivity contribution in [2.45, 2.75) is 25.5 Å². The molecule has 1 atom stereocenters. The minimum absolute atomic E-state index is 0.271. The molecular formula is C20H20N2O4. The van der Waals surface area contributed by atoms with E-state index >= 15 is 0 Å². The molecule has 6 nitrogen and oxygen atoms in total. The van der Waals surface area contributed by atoms with Gasteiger partial charge in [-0.3, -0.25) is 9.78 Å². The Morgan fingerprint density at radius 3 is 2.77 bits per heavy atom. The number of carbonyl (C=O) groups excluding carboxylic acids is 1. The van der Waals surface area contributed by atoms with E-state index in [1.54, 1.807) is 18.5 Å². The Morgan fingerprint density at radius 2 is 2.08 bits per heavy atom. The first-order chi connectivity index (χ1) is 12.6. The zero-order valence-corrected chi connectivity index (χ0v) is 14.2. The average molecular weight is 352 g/mol. The van der Waals surface area contributed by atoms with Gasteiger partial charge in [-0.1, -0.05) is 18.2 Å². The van der Waals surface area contributed by atoms with Crippen LogP contribution in [0.3, 0.4) is 0 Å². The molecule has 1 N–H and O–H groups in total. The highest BCUT2D eigenvalue weighted by molar-refractivity contribution is 5.94. The first-order valence-corrected chi connectivity index (χ1v) is 8.47. The van der Waals surface area contributed by atoms with Crippen LogP contribution < -0.4 is 4.74 Å². The molecule has 0 bridgehead atoms. The SMILES string of the molecule is O=C(O)[C@H]1CCCN1C(=O)C=Cc1ccc(OCc2cccnc2)cc1. The molecular weight excluding hydrogens is 332 g/mol. The maximum absolute atomic E-state index is 12.2. The van der Waals surface area contributed by atoms with Crippen molar-refractivity contribution in [3.05, 3.63) is 66.0 Å². The maximum Gasteiger partial charge on any atom is 0.326 e. The van der Waals surface area contributed by atoms with Gasteiger partial charge in [0.2, 0.25) is 5.91 Å². The summed E-state index contributed by atoms with van der Waals surface area (Å²) >= 11 is 0. The number of pyridine rings is 1. The Balaban J connectivity index is 1.56. The smallest absolute Gasteiger partial charge is 0.326 e. The van der Waals surface area contributed by atoms with E-state index < -0.39 is 12.0 Å². The number of rotatable bonds is 6. The second kappa shape index (κ2) is 8.29. The molecule has 3 rings (SSSR count). The molecule has 1 aliphatic rings. The van der Waals surface area contributed by atoms with Crippen LogP contribution in [0, 0.1) is 0 Å². The number of hydrogen-bond acceptors (Lipinski definition) is 4. The van der Waals surface area contributed by atoms with Crippen molar-refractivity contribution >= 4 is 18.0 Å². The molecule has 2 aromatic rings. The highest BCUT2D eigenvalue weighted by Crippen LogP contribution is 2.19. The summed E-state index contributed by atoms with van der Waals surface area (Å²) in [6.07, 6.45) is 7.81. The van der Waals surface area contributed by atoms with Crippen LogP contribution in [0.5, 0.6) is 5.75 Å². The van der Waals surface area contributed by atoms with Crippen molar-refractivity contribution in [3.63, 3.8) is 0 Å². The Morgan fingerprint density at radius 1 is 1.27 bits per heavy atom. The monoisotopic (exact) mass is 352 g/mol. The molecule has 26 heavy (non-hydrogen) atoms. The molecule has 0 spiro atoms. The quantitative estimate of drug-likeness (QED) is 0.809. The highest BCUT2D eigenvalue weighted by Gasteiger charge is 2.32. The van der Waals surface area contributed by atoms with Crippen molar-refractivity contribution in [1.82, 2.24) is 9.88 Å². The number of likely N-dealkylation sites (tertiary alicyclic amines) is 1. The molecule has 6 heteroatoms. The number of nitrogens with zero attached hydrogens (tertiary/aromatic N) is 2. The standard InChI is InChI=1S/C20H20N2O4/c23-19(22-12-2-4-18(22)20(24)25)10-7-15-5-8-17(9-6-15)26-14-16-3-1-11-21-13-16/h1,3,5-11,13,18H,2,4,12,14H2,(H,24,25)/t18-/m1/s1. The van der Waals surface area contributed by atoms with E-state index in [-0.39, 0.29) is 5.91 Å². The van der Waals surface area contributed by atoms with Crippen molar-refractivity contribution in [2.24, 2.45) is 0 Å². The first kappa shape index (κ1) is 17.7. The number of aliphatic carboxylic acids is 1. The van der Waals surface area contributed by atoms with Crippen molar-refractivity contribution in [2.75, 3.05) is 6.54 Å². The normalized spacial score (nSPS) is 16.8. The molecule has 1 aliphatic heterocycles. The van der Waals surface area contributed by atoms with Gasteiger partial charge in [-0.15, -0.1) is 0 Å². The third kappa shape index (κ3) is 4.47. The summed E-state index contributed by atoms with van der Waals surface area (Å²) in [6.45, 7) is 0.925. The van der Waals surface area contributed by atoms with E-state index in [1.165, 1.54) is 11.0 Å². The Kier molecular flexibility index (Phi) is 5.63. The number of carboxylic acid groups (broad SMARTS) is 1. The fourth-order valence-electron chi connectivity index (χ4n) is 2.88. The van der Waals surface area contributed by atoms with Crippen LogP contribution in [0.15, 0.2) is 54.9 Å². The van der Waals surface area contributed by atoms with Crippen LogP contribution in [0.4, 0.5) is 0 Å². The van der Waals surface area contributed by atoms with Crippen LogP contribution in [-0.2, 0) is 16.2 Å². The van der Waals surface area contributed by atoms with E-state index in [0.717, 1.165) is 23.3 Å². The van der Waals surface area contributed by atoms with Crippen LogP contribution in [0.25, 0.3) is 6.08 Å². The van der Waals surface area contributed by atoms with Gasteiger partial charge in [0.25, 0.3) is 0 Å². The predicted octanol–water partition coefficient (Wildman–Crippen LogP) is 2.75. The Hall–Kier alpha value is -3.15. The maximum atomic E-state index is 12.2. The lowest BCUT2D eigenvalue weighted by molar-refractivity contribution is -0.146. The molecule has 0 unspecified atom stereocenters. The van der Waals surface area contributed by atoms with Gasteiger partial charge in [-0.25, -0.2) is 4.79 Å². The lowest BCUT2D eigenvalue weighted by Gasteiger charge is -2.19. The van der Waals surface area contributed by atoms with E-state index in [0.29, 0.717) is 19.6 Å². The minimum atomic E-state index is -0.945. The van der Waals surface area contributed by atoms with E-state index in [1.807, 2.05) is 36.4 Å². The number of ether oxygens (including phenoxy) is 1. The summed E-state index contributed by atoms with van der Waals surface area (Å²) in [4.78, 5) is 28.8. The van der Waals surface area contributed by atoms with Crippen molar-refractivity contribution < 1.29 is 19.4 Å². The number of benzene rings is 1. The van der Waals surface area contributed by atoms with Gasteiger partial charge >= 0.3 is 5.97 Å². The zero-order valence-electron chi connectivity index (χ0n) is 14.2. The molecule has 0 radical (unpaired) electrons. The fraction of sp³-hybridized carbons (Fsp3) is 0.250. The molecule has 1 saturated heterocycles. The van der Waals surface area contributed by atoms with Crippen LogP contribution in [-0.4, -0.2) is 39.5 Å². The third-order valence-corrected chi connectivity index (χ3v) is 4.25. The van der Waals surface area contributed by atoms with Gasteiger partial charge in [0.1, 0.15) is 18.4 Å². The average Bonchev–Trinajstić information content (AvgIpc) is 3.16. The molecule has 1 fully saturated rings. The topological polar surface area (TPSA) is 79.7 Å². The van der Waals surface area contributed by atoms with Crippen LogP contribution in [0.1, 0.15) is 24.0 Å². The summed E-state index contributed by atoms with van der Waals surface area (Å²) in [5.74, 6) is -0.492. The van der Waals surface area contributed by atoms with Crippen molar-refractivity contribution in [3.8, 4) is 5.75 Å². The minimum Gasteiger partial charge on any atom is -0.489 e. The number of carboxylic acids is 1. The predicted molar refractivity (Wildman–Crippen MR) is 96.4 cm³/mol. The van der Waals surface area contributed by atoms with Gasteiger partial charge < -0.3 is 14.7 Å². The zero-order chi connectivity index (χ0) is 18.4. The third-order valence-electron chi connectivity index (χ3n) is 4.25. The number of carbonyl (C=O) groups is 2. The van der Waals surface area contributed by atoms with Gasteiger partial charge in [-0.05, 0) is 42.7 Å². The molecule has 1 amide bonds. The van der Waals surface area contributed by atoms with Crippen molar-refractivity contribution in [1.29, 1.82) is 0 Å². The summed E-state index contributed by atoms with van der Waals surface area (Å²) < 4.78 is 5.69. The number of aromatic nitrogens is 1. The van der Waals surface area contributed by atoms with E-state index in [4.69, 9.17) is 9.84 Å². The summed E-state index contributed by atoms with van der Waals surface area (Å²) in [6, 6.07) is 10.4. The van der Waals surface area contributed by atoms with Crippen LogP contribution in [0.2, 0.25) is 0 Å². The van der Waals surface area contributed by atoms with Gasteiger partial charge in [-0.2, -0.15) is 0 Å². The molecule has 1 aromatic heterocycles. The molecule has 2 heterocycles. The second-order valence-corrected chi connectivity index (χ2v) is 6.08. The van der Waals surface area contributed by atoms with E-state index in [9.17, 15) is 9.59 Å². The molecule has 0 saturated carbocycles. The fourth-order valence-corrected chi connectivity index (χ4v) is 2.88. The highest BCUT2D eigenvalue weighted by atomic mass is 16.5. The first-order valence-electron chi connectivity index (χ1n) is 8.47. The summed E-state index contributed by atoms with van der Waals surface area (Å²) in [7, 11) is 0. The van der Waals surface area contributed by atoms with Gasteiger partial charge in [0.05, 0.1) is 0 Å². The summed E-state index contributed by atoms with van der Waals surface area (Å²) in [5.41, 5.74) is 1.83.